The molecule has 1 heterocycles. The number of amides is 3. The van der Waals surface area contributed by atoms with Crippen LogP contribution in [-0.4, -0.2) is 82.0 Å². The largest absolute Gasteiger partial charge is 0.481 e. The summed E-state index contributed by atoms with van der Waals surface area (Å²) in [5, 5.41) is 23.2. The zero-order valence-electron chi connectivity index (χ0n) is 17.0. The Bertz CT molecular complexity index is 655. The van der Waals surface area contributed by atoms with Crippen molar-refractivity contribution >= 4 is 29.7 Å². The summed E-state index contributed by atoms with van der Waals surface area (Å²) < 4.78 is 0. The highest BCUT2D eigenvalue weighted by Gasteiger charge is 2.39. The van der Waals surface area contributed by atoms with Crippen molar-refractivity contribution in [1.29, 1.82) is 0 Å². The fourth-order valence-corrected chi connectivity index (χ4v) is 3.20. The molecule has 30 heavy (non-hydrogen) atoms. The van der Waals surface area contributed by atoms with Crippen LogP contribution in [0.4, 0.5) is 0 Å². The zero-order chi connectivity index (χ0) is 22.8. The molecule has 1 aliphatic rings. The lowest BCUT2D eigenvalue weighted by Gasteiger charge is -2.29. The molecule has 1 rings (SSSR count). The minimum Gasteiger partial charge on any atom is -0.481 e. The van der Waals surface area contributed by atoms with Crippen molar-refractivity contribution in [3.05, 3.63) is 0 Å². The highest BCUT2D eigenvalue weighted by Crippen LogP contribution is 2.20. The molecule has 4 unspecified atom stereocenters. The van der Waals surface area contributed by atoms with Crippen LogP contribution in [0.2, 0.25) is 0 Å². The van der Waals surface area contributed by atoms with E-state index in [0.29, 0.717) is 32.2 Å². The van der Waals surface area contributed by atoms with Gasteiger partial charge in [-0.15, -0.1) is 0 Å². The maximum atomic E-state index is 12.9. The molecule has 170 valence electrons. The van der Waals surface area contributed by atoms with Gasteiger partial charge < -0.3 is 37.2 Å². The topological polar surface area (TPSA) is 205 Å². The Morgan fingerprint density at radius 3 is 2.30 bits per heavy atom. The molecule has 3 amide bonds. The number of carbonyl (C=O) groups is 5. The van der Waals surface area contributed by atoms with Crippen molar-refractivity contribution < 1.29 is 34.2 Å². The molecule has 0 aromatic heterocycles. The summed E-state index contributed by atoms with van der Waals surface area (Å²) >= 11 is 0. The maximum absolute atomic E-state index is 12.9. The third kappa shape index (κ3) is 7.59. The minimum absolute atomic E-state index is 0.187. The van der Waals surface area contributed by atoms with Crippen LogP contribution in [0.1, 0.15) is 45.4 Å². The number of nitrogens with one attached hydrogen (secondary N) is 2. The molecule has 0 aromatic rings. The summed E-state index contributed by atoms with van der Waals surface area (Å²) in [5.41, 5.74) is 10.9. The second-order valence-electron chi connectivity index (χ2n) is 7.32. The van der Waals surface area contributed by atoms with Crippen LogP contribution in [0.25, 0.3) is 0 Å². The van der Waals surface area contributed by atoms with E-state index < -0.39 is 60.2 Å². The van der Waals surface area contributed by atoms with Gasteiger partial charge in [0.05, 0.1) is 12.5 Å². The van der Waals surface area contributed by atoms with E-state index in [0.717, 1.165) is 0 Å². The molecule has 1 fully saturated rings. The molecule has 1 aliphatic heterocycles. The summed E-state index contributed by atoms with van der Waals surface area (Å²) in [6.07, 6.45) is 1.45. The van der Waals surface area contributed by atoms with Crippen molar-refractivity contribution in [2.75, 3.05) is 13.1 Å². The fraction of sp³-hybridized carbons (Fsp3) is 0.722. The summed E-state index contributed by atoms with van der Waals surface area (Å²) in [7, 11) is 0. The standard InChI is InChI=1S/C18H31N5O7/c1-10(20)15(26)22-12(9-14(24)25)17(28)23-8-4-6-13(23)16(27)21-11(18(29)30)5-2-3-7-19/h10-13H,2-9,19-20H2,1H3,(H,21,27)(H,22,26)(H,24,25)(H,29,30). The Balaban J connectivity index is 2.89. The first-order chi connectivity index (χ1) is 14.1. The molecule has 0 spiro atoms. The molecular weight excluding hydrogens is 398 g/mol. The van der Waals surface area contributed by atoms with Crippen LogP contribution in [0.15, 0.2) is 0 Å². The smallest absolute Gasteiger partial charge is 0.326 e. The highest BCUT2D eigenvalue weighted by molar-refractivity contribution is 5.95. The van der Waals surface area contributed by atoms with Gasteiger partial charge >= 0.3 is 11.9 Å². The van der Waals surface area contributed by atoms with Crippen LogP contribution < -0.4 is 22.1 Å². The minimum atomic E-state index is -1.38. The van der Waals surface area contributed by atoms with Crippen molar-refractivity contribution in [3.8, 4) is 0 Å². The average Bonchev–Trinajstić information content (AvgIpc) is 3.15. The number of carboxylic acids is 2. The zero-order valence-corrected chi connectivity index (χ0v) is 17.0. The van der Waals surface area contributed by atoms with E-state index in [1.165, 1.54) is 11.8 Å². The lowest BCUT2D eigenvalue weighted by atomic mass is 10.1. The lowest BCUT2D eigenvalue weighted by molar-refractivity contribution is -0.147. The Morgan fingerprint density at radius 1 is 1.10 bits per heavy atom. The number of carbonyl (C=O) groups excluding carboxylic acids is 3. The van der Waals surface area contributed by atoms with Gasteiger partial charge in [0.2, 0.25) is 17.7 Å². The monoisotopic (exact) mass is 429 g/mol. The average molecular weight is 429 g/mol. The lowest BCUT2D eigenvalue weighted by Crippen LogP contribution is -2.57. The van der Waals surface area contributed by atoms with Gasteiger partial charge in [-0.2, -0.15) is 0 Å². The van der Waals surface area contributed by atoms with E-state index in [2.05, 4.69) is 10.6 Å². The summed E-state index contributed by atoms with van der Waals surface area (Å²) in [5.74, 6) is -4.54. The molecule has 12 heteroatoms. The maximum Gasteiger partial charge on any atom is 0.326 e. The van der Waals surface area contributed by atoms with Crippen LogP contribution >= 0.6 is 0 Å². The van der Waals surface area contributed by atoms with E-state index >= 15 is 0 Å². The van der Waals surface area contributed by atoms with Gasteiger partial charge in [-0.1, -0.05) is 0 Å². The first kappa shape index (κ1) is 25.3. The van der Waals surface area contributed by atoms with Crippen LogP contribution in [-0.2, 0) is 24.0 Å². The molecule has 0 aromatic carbocycles. The van der Waals surface area contributed by atoms with Crippen molar-refractivity contribution in [1.82, 2.24) is 15.5 Å². The van der Waals surface area contributed by atoms with Gasteiger partial charge in [-0.05, 0) is 45.6 Å². The van der Waals surface area contributed by atoms with Crippen molar-refractivity contribution in [2.45, 2.75) is 69.6 Å². The fourth-order valence-electron chi connectivity index (χ4n) is 3.20. The number of hydrogen-bond donors (Lipinski definition) is 6. The van der Waals surface area contributed by atoms with Gasteiger partial charge in [-0.3, -0.25) is 19.2 Å². The number of carboxylic acid groups (broad SMARTS) is 2. The number of nitrogens with two attached hydrogens (primary N) is 2. The van der Waals surface area contributed by atoms with Gasteiger partial charge in [0.1, 0.15) is 18.1 Å². The molecule has 0 aliphatic carbocycles. The normalized spacial score (nSPS) is 18.9. The van der Waals surface area contributed by atoms with E-state index in [-0.39, 0.29) is 13.0 Å². The molecule has 0 saturated carbocycles. The second kappa shape index (κ2) is 12.1. The second-order valence-corrected chi connectivity index (χ2v) is 7.32. The van der Waals surface area contributed by atoms with Crippen LogP contribution in [0.3, 0.4) is 0 Å². The summed E-state index contributed by atoms with van der Waals surface area (Å²) in [6, 6.07) is -4.39. The molecule has 0 radical (unpaired) electrons. The first-order valence-corrected chi connectivity index (χ1v) is 9.90. The predicted octanol–water partition coefficient (Wildman–Crippen LogP) is -2.02. The Morgan fingerprint density at radius 2 is 1.77 bits per heavy atom. The first-order valence-electron chi connectivity index (χ1n) is 9.90. The third-order valence-corrected chi connectivity index (χ3v) is 4.81. The number of hydrogen-bond acceptors (Lipinski definition) is 7. The number of rotatable bonds is 12. The Kier molecular flexibility index (Phi) is 10.2. The number of aliphatic carboxylic acids is 2. The molecule has 8 N–H and O–H groups in total. The Hall–Kier alpha value is -2.73. The predicted molar refractivity (Wildman–Crippen MR) is 105 cm³/mol. The summed E-state index contributed by atoms with van der Waals surface area (Å²) in [6.45, 7) is 1.98. The number of unbranched alkanes of at least 4 members (excludes halogenated alkanes) is 1. The van der Waals surface area contributed by atoms with Gasteiger partial charge in [0.25, 0.3) is 0 Å². The van der Waals surface area contributed by atoms with Crippen molar-refractivity contribution in [3.63, 3.8) is 0 Å². The SMILES string of the molecule is CC(N)C(=O)NC(CC(=O)O)C(=O)N1CCCC1C(=O)NC(CCCCN)C(=O)O. The van der Waals surface area contributed by atoms with Gasteiger partial charge in [-0.25, -0.2) is 4.79 Å². The summed E-state index contributed by atoms with van der Waals surface area (Å²) in [4.78, 5) is 61.2. The van der Waals surface area contributed by atoms with Crippen LogP contribution in [0, 0.1) is 0 Å². The van der Waals surface area contributed by atoms with E-state index in [1.54, 1.807) is 0 Å². The number of nitrogens with zero attached hydrogens (tertiary/aromatic N) is 1. The molecule has 4 atom stereocenters. The molecular formula is C18H31N5O7. The van der Waals surface area contributed by atoms with E-state index in [1.807, 2.05) is 0 Å². The quantitative estimate of drug-likeness (QED) is 0.189. The Labute approximate surface area is 174 Å². The van der Waals surface area contributed by atoms with E-state index in [9.17, 15) is 29.1 Å². The van der Waals surface area contributed by atoms with E-state index in [4.69, 9.17) is 16.6 Å². The molecule has 12 nitrogen and oxygen atoms in total. The highest BCUT2D eigenvalue weighted by atomic mass is 16.4. The van der Waals surface area contributed by atoms with Crippen LogP contribution in [0.5, 0.6) is 0 Å². The molecule has 1 saturated heterocycles. The van der Waals surface area contributed by atoms with Gasteiger partial charge in [0.15, 0.2) is 0 Å². The molecule has 0 bridgehead atoms. The third-order valence-electron chi connectivity index (χ3n) is 4.81. The number of likely N-dealkylation sites (tertiary alicyclic amines) is 1. The van der Waals surface area contributed by atoms with Crippen molar-refractivity contribution in [2.24, 2.45) is 11.5 Å². The van der Waals surface area contributed by atoms with Gasteiger partial charge in [0, 0.05) is 6.54 Å².